The van der Waals surface area contributed by atoms with Gasteiger partial charge in [0.15, 0.2) is 0 Å². The minimum atomic E-state index is 0. The third kappa shape index (κ3) is 7.65. The summed E-state index contributed by atoms with van der Waals surface area (Å²) in [5, 5.41) is 5.33. The van der Waals surface area contributed by atoms with Crippen LogP contribution in [0.1, 0.15) is 17.5 Å². The SMILES string of the molecule is C[N+](C)(CCC[N+](C)(C)Cc1ccc2ccccc2c1)Cc1ccc2ccccc2c1.[Br-].[Br-]. The van der Waals surface area contributed by atoms with Gasteiger partial charge < -0.3 is 42.9 Å². The predicted molar refractivity (Wildman–Crippen MR) is 134 cm³/mol. The van der Waals surface area contributed by atoms with Crippen molar-refractivity contribution in [3.63, 3.8) is 0 Å². The van der Waals surface area contributed by atoms with Crippen molar-refractivity contribution in [3.8, 4) is 0 Å². The van der Waals surface area contributed by atoms with E-state index in [9.17, 15) is 0 Å². The molecule has 4 aromatic carbocycles. The topological polar surface area (TPSA) is 0 Å². The highest BCUT2D eigenvalue weighted by Gasteiger charge is 2.21. The second-order valence-electron chi connectivity index (χ2n) is 10.4. The number of hydrogen-bond acceptors (Lipinski definition) is 0. The van der Waals surface area contributed by atoms with Crippen LogP contribution >= 0.6 is 0 Å². The molecule has 0 radical (unpaired) electrons. The van der Waals surface area contributed by atoms with E-state index < -0.39 is 0 Å². The molecule has 0 aliphatic carbocycles. The van der Waals surface area contributed by atoms with Crippen molar-refractivity contribution in [1.29, 1.82) is 0 Å². The third-order valence-corrected chi connectivity index (χ3v) is 6.38. The zero-order valence-electron chi connectivity index (χ0n) is 20.3. The molecule has 0 atom stereocenters. The number of benzene rings is 4. The summed E-state index contributed by atoms with van der Waals surface area (Å²) < 4.78 is 2.04. The molecule has 0 amide bonds. The number of halogens is 2. The Bertz CT molecular complexity index is 1090. The number of rotatable bonds is 8. The standard InChI is InChI=1S/C29H36N2.2BrH/c1-30(2,22-24-14-16-26-10-5-7-12-28(26)20-24)18-9-19-31(3,4)23-25-15-17-27-11-6-8-13-29(27)21-25;;/h5-8,10-17,20-21H,9,18-19,22-23H2,1-4H3;2*1H/q+2;;/p-2. The molecule has 176 valence electrons. The summed E-state index contributed by atoms with van der Waals surface area (Å²) in [7, 11) is 9.44. The van der Waals surface area contributed by atoms with E-state index in [0.717, 1.165) is 22.1 Å². The second kappa shape index (κ2) is 11.6. The Morgan fingerprint density at radius 1 is 0.485 bits per heavy atom. The van der Waals surface area contributed by atoms with Crippen LogP contribution in [0.25, 0.3) is 21.5 Å². The summed E-state index contributed by atoms with van der Waals surface area (Å²) in [6, 6.07) is 31.1. The summed E-state index contributed by atoms with van der Waals surface area (Å²) in [6.07, 6.45) is 1.22. The van der Waals surface area contributed by atoms with Gasteiger partial charge in [-0.2, -0.15) is 0 Å². The maximum absolute atomic E-state index is 2.36. The normalized spacial score (nSPS) is 11.8. The average molecular weight is 572 g/mol. The van der Waals surface area contributed by atoms with Gasteiger partial charge in [-0.25, -0.2) is 0 Å². The summed E-state index contributed by atoms with van der Waals surface area (Å²) in [6.45, 7) is 4.52. The molecule has 0 unspecified atom stereocenters. The fraction of sp³-hybridized carbons (Fsp3) is 0.310. The lowest BCUT2D eigenvalue weighted by molar-refractivity contribution is -0.922. The van der Waals surface area contributed by atoms with Crippen LogP contribution in [0.15, 0.2) is 84.9 Å². The molecule has 0 spiro atoms. The maximum atomic E-state index is 2.36. The monoisotopic (exact) mass is 570 g/mol. The third-order valence-electron chi connectivity index (χ3n) is 6.38. The molecule has 2 nitrogen and oxygen atoms in total. The molecule has 0 bridgehead atoms. The van der Waals surface area contributed by atoms with Crippen LogP contribution in [0.3, 0.4) is 0 Å². The van der Waals surface area contributed by atoms with Crippen molar-refractivity contribution in [1.82, 2.24) is 0 Å². The van der Waals surface area contributed by atoms with Gasteiger partial charge in [0.25, 0.3) is 0 Å². The van der Waals surface area contributed by atoms with Gasteiger partial charge in [-0.1, -0.05) is 72.8 Å². The number of nitrogens with zero attached hydrogens (tertiary/aromatic N) is 2. The fourth-order valence-corrected chi connectivity index (χ4v) is 4.75. The Balaban J connectivity index is 0.00000193. The first-order valence-electron chi connectivity index (χ1n) is 11.4. The first-order chi connectivity index (χ1) is 14.8. The zero-order chi connectivity index (χ0) is 21.9. The Labute approximate surface area is 220 Å². The van der Waals surface area contributed by atoms with E-state index in [1.165, 1.54) is 52.2 Å². The van der Waals surface area contributed by atoms with Gasteiger partial charge in [0.1, 0.15) is 13.1 Å². The first kappa shape index (κ1) is 27.5. The van der Waals surface area contributed by atoms with Crippen LogP contribution in [0.2, 0.25) is 0 Å². The van der Waals surface area contributed by atoms with Crippen molar-refractivity contribution in [3.05, 3.63) is 96.1 Å². The minimum Gasteiger partial charge on any atom is -1.00 e. The largest absolute Gasteiger partial charge is 1.00 e. The zero-order valence-corrected chi connectivity index (χ0v) is 23.4. The molecule has 33 heavy (non-hydrogen) atoms. The van der Waals surface area contributed by atoms with Gasteiger partial charge in [0.05, 0.1) is 41.3 Å². The molecular formula is C29H36Br2N2. The predicted octanol–water partition coefficient (Wildman–Crippen LogP) is 0.244. The Hall–Kier alpha value is -1.72. The lowest BCUT2D eigenvalue weighted by Crippen LogP contribution is -3.00. The molecule has 0 aliphatic rings. The van der Waals surface area contributed by atoms with Gasteiger partial charge in [-0.15, -0.1) is 0 Å². The van der Waals surface area contributed by atoms with Gasteiger partial charge in [-0.05, 0) is 33.7 Å². The van der Waals surface area contributed by atoms with E-state index in [1.54, 1.807) is 0 Å². The molecule has 0 aliphatic heterocycles. The van der Waals surface area contributed by atoms with E-state index in [4.69, 9.17) is 0 Å². The smallest absolute Gasteiger partial charge is 0.104 e. The highest BCUT2D eigenvalue weighted by Crippen LogP contribution is 2.20. The van der Waals surface area contributed by atoms with Crippen LogP contribution in [-0.2, 0) is 13.1 Å². The molecule has 0 N–H and O–H groups in total. The molecule has 4 rings (SSSR count). The summed E-state index contributed by atoms with van der Waals surface area (Å²) in [5.74, 6) is 0. The van der Waals surface area contributed by atoms with Crippen molar-refractivity contribution in [2.24, 2.45) is 0 Å². The van der Waals surface area contributed by atoms with E-state index in [1.807, 2.05) is 0 Å². The lowest BCUT2D eigenvalue weighted by atomic mass is 10.1. The minimum absolute atomic E-state index is 0. The number of hydrogen-bond donors (Lipinski definition) is 0. The Morgan fingerprint density at radius 3 is 1.24 bits per heavy atom. The molecule has 0 heterocycles. The van der Waals surface area contributed by atoms with E-state index in [-0.39, 0.29) is 34.0 Å². The Kier molecular flexibility index (Phi) is 9.69. The molecule has 4 aromatic rings. The maximum Gasteiger partial charge on any atom is 0.104 e. The van der Waals surface area contributed by atoms with Crippen molar-refractivity contribution in [2.45, 2.75) is 19.5 Å². The Morgan fingerprint density at radius 2 is 0.848 bits per heavy atom. The van der Waals surface area contributed by atoms with Gasteiger partial charge in [-0.3, -0.25) is 0 Å². The quantitative estimate of drug-likeness (QED) is 0.266. The molecular weight excluding hydrogens is 536 g/mol. The van der Waals surface area contributed by atoms with Gasteiger partial charge >= 0.3 is 0 Å². The summed E-state index contributed by atoms with van der Waals surface area (Å²) >= 11 is 0. The molecule has 0 saturated carbocycles. The number of quaternary nitrogens is 2. The van der Waals surface area contributed by atoms with Crippen LogP contribution in [0, 0.1) is 0 Å². The highest BCUT2D eigenvalue weighted by atomic mass is 79.9. The fourth-order valence-electron chi connectivity index (χ4n) is 4.75. The summed E-state index contributed by atoms with van der Waals surface area (Å²) in [5.41, 5.74) is 2.85. The van der Waals surface area contributed by atoms with Crippen molar-refractivity contribution in [2.75, 3.05) is 41.3 Å². The molecule has 0 fully saturated rings. The van der Waals surface area contributed by atoms with Gasteiger partial charge in [0.2, 0.25) is 0 Å². The van der Waals surface area contributed by atoms with E-state index in [2.05, 4.69) is 113 Å². The molecule has 4 heteroatoms. The number of fused-ring (bicyclic) bond motifs is 2. The van der Waals surface area contributed by atoms with Gasteiger partial charge in [0, 0.05) is 17.5 Å². The van der Waals surface area contributed by atoms with Crippen LogP contribution in [0.5, 0.6) is 0 Å². The average Bonchev–Trinajstić information content (AvgIpc) is 2.72. The van der Waals surface area contributed by atoms with Crippen LogP contribution in [-0.4, -0.2) is 50.2 Å². The van der Waals surface area contributed by atoms with Crippen molar-refractivity contribution < 1.29 is 42.9 Å². The van der Waals surface area contributed by atoms with E-state index in [0.29, 0.717) is 0 Å². The summed E-state index contributed by atoms with van der Waals surface area (Å²) in [4.78, 5) is 0. The second-order valence-corrected chi connectivity index (χ2v) is 10.4. The van der Waals surface area contributed by atoms with E-state index >= 15 is 0 Å². The van der Waals surface area contributed by atoms with Crippen molar-refractivity contribution >= 4 is 21.5 Å². The highest BCUT2D eigenvalue weighted by molar-refractivity contribution is 5.83. The molecule has 0 aromatic heterocycles. The van der Waals surface area contributed by atoms with Crippen LogP contribution < -0.4 is 34.0 Å². The molecule has 0 saturated heterocycles. The van der Waals surface area contributed by atoms with Crippen LogP contribution in [0.4, 0.5) is 0 Å². The first-order valence-corrected chi connectivity index (χ1v) is 11.4. The lowest BCUT2D eigenvalue weighted by Gasteiger charge is -2.34.